The lowest BCUT2D eigenvalue weighted by atomic mass is 10.1. The summed E-state index contributed by atoms with van der Waals surface area (Å²) in [5.41, 5.74) is 0. The van der Waals surface area contributed by atoms with Crippen LogP contribution >= 0.6 is 0 Å². The second-order valence-corrected chi connectivity index (χ2v) is 3.17. The third kappa shape index (κ3) is 6.16. The molecular formula is C9H20N2O. The predicted molar refractivity (Wildman–Crippen MR) is 51.0 cm³/mol. The molecule has 0 aromatic heterocycles. The molecule has 2 N–H and O–H groups in total. The van der Waals surface area contributed by atoms with E-state index >= 15 is 0 Å². The Morgan fingerprint density at radius 3 is 2.58 bits per heavy atom. The largest absolute Gasteiger partial charge is 0.355 e. The van der Waals surface area contributed by atoms with Crippen molar-refractivity contribution in [2.75, 3.05) is 20.1 Å². The predicted octanol–water partition coefficient (Wildman–Crippen LogP) is 0.758. The highest BCUT2D eigenvalue weighted by Gasteiger charge is 2.05. The number of hydrogen-bond donors (Lipinski definition) is 2. The number of carbonyl (C=O) groups excluding carboxylic acids is 1. The van der Waals surface area contributed by atoms with Gasteiger partial charge in [0.2, 0.25) is 5.91 Å². The summed E-state index contributed by atoms with van der Waals surface area (Å²) >= 11 is 0. The summed E-state index contributed by atoms with van der Waals surface area (Å²) in [7, 11) is 1.88. The van der Waals surface area contributed by atoms with Crippen LogP contribution in [-0.4, -0.2) is 26.0 Å². The smallest absolute Gasteiger partial charge is 0.220 e. The van der Waals surface area contributed by atoms with E-state index in [9.17, 15) is 4.79 Å². The average Bonchev–Trinajstić information content (AvgIpc) is 2.05. The van der Waals surface area contributed by atoms with Crippen LogP contribution < -0.4 is 10.6 Å². The first-order valence-corrected chi connectivity index (χ1v) is 4.62. The average molecular weight is 172 g/mol. The van der Waals surface area contributed by atoms with Crippen LogP contribution in [0.15, 0.2) is 0 Å². The van der Waals surface area contributed by atoms with Crippen LogP contribution in [-0.2, 0) is 4.79 Å². The Bertz CT molecular complexity index is 126. The van der Waals surface area contributed by atoms with E-state index in [4.69, 9.17) is 0 Å². The molecule has 1 atom stereocenters. The van der Waals surface area contributed by atoms with Gasteiger partial charge in [-0.05, 0) is 13.0 Å². The van der Waals surface area contributed by atoms with Gasteiger partial charge in [-0.1, -0.05) is 20.3 Å². The van der Waals surface area contributed by atoms with Gasteiger partial charge in [-0.25, -0.2) is 0 Å². The second kappa shape index (κ2) is 7.10. The van der Waals surface area contributed by atoms with Crippen LogP contribution in [0.2, 0.25) is 0 Å². The van der Waals surface area contributed by atoms with Crippen molar-refractivity contribution in [3.63, 3.8) is 0 Å². The molecule has 72 valence electrons. The minimum atomic E-state index is 0.166. The first kappa shape index (κ1) is 11.4. The summed E-state index contributed by atoms with van der Waals surface area (Å²) in [4.78, 5) is 11.1. The highest BCUT2D eigenvalue weighted by Crippen LogP contribution is 2.04. The third-order valence-corrected chi connectivity index (χ3v) is 1.93. The zero-order valence-electron chi connectivity index (χ0n) is 8.31. The van der Waals surface area contributed by atoms with Crippen LogP contribution in [0.4, 0.5) is 0 Å². The maximum absolute atomic E-state index is 11.1. The van der Waals surface area contributed by atoms with Crippen LogP contribution in [0, 0.1) is 5.92 Å². The van der Waals surface area contributed by atoms with Gasteiger partial charge in [0.1, 0.15) is 0 Å². The Balaban J connectivity index is 3.33. The van der Waals surface area contributed by atoms with Gasteiger partial charge in [-0.2, -0.15) is 0 Å². The first-order chi connectivity index (χ1) is 5.70. The lowest BCUT2D eigenvalue weighted by Crippen LogP contribution is -2.31. The third-order valence-electron chi connectivity index (χ3n) is 1.93. The number of amides is 1. The summed E-state index contributed by atoms with van der Waals surface area (Å²) in [5.74, 6) is 0.666. The highest BCUT2D eigenvalue weighted by atomic mass is 16.1. The molecule has 0 rings (SSSR count). The molecule has 12 heavy (non-hydrogen) atoms. The van der Waals surface area contributed by atoms with Gasteiger partial charge in [0, 0.05) is 19.5 Å². The molecule has 0 heterocycles. The first-order valence-electron chi connectivity index (χ1n) is 4.62. The Hall–Kier alpha value is -0.570. The second-order valence-electron chi connectivity index (χ2n) is 3.17. The molecule has 0 aliphatic heterocycles. The normalized spacial score (nSPS) is 12.6. The maximum atomic E-state index is 11.1. The van der Waals surface area contributed by atoms with Gasteiger partial charge in [0.05, 0.1) is 0 Å². The SMILES string of the molecule is CCC(C)CC(=O)NCCNC. The Morgan fingerprint density at radius 1 is 1.42 bits per heavy atom. The Labute approximate surface area is 74.9 Å². The zero-order chi connectivity index (χ0) is 9.40. The summed E-state index contributed by atoms with van der Waals surface area (Å²) in [6.45, 7) is 5.77. The topological polar surface area (TPSA) is 41.1 Å². The molecule has 0 aromatic rings. The molecule has 0 fully saturated rings. The van der Waals surface area contributed by atoms with E-state index in [1.54, 1.807) is 0 Å². The van der Waals surface area contributed by atoms with Crippen molar-refractivity contribution in [3.8, 4) is 0 Å². The summed E-state index contributed by atoms with van der Waals surface area (Å²) < 4.78 is 0. The highest BCUT2D eigenvalue weighted by molar-refractivity contribution is 5.76. The molecule has 0 saturated carbocycles. The molecule has 1 amide bonds. The van der Waals surface area contributed by atoms with Gasteiger partial charge < -0.3 is 10.6 Å². The lowest BCUT2D eigenvalue weighted by Gasteiger charge is -2.08. The van der Waals surface area contributed by atoms with Crippen molar-refractivity contribution >= 4 is 5.91 Å². The molecule has 1 unspecified atom stereocenters. The standard InChI is InChI=1S/C9H20N2O/c1-4-8(2)7-9(12)11-6-5-10-3/h8,10H,4-7H2,1-3H3,(H,11,12). The fourth-order valence-corrected chi connectivity index (χ4v) is 0.860. The van der Waals surface area contributed by atoms with Crippen molar-refractivity contribution in [2.45, 2.75) is 26.7 Å². The number of nitrogens with one attached hydrogen (secondary N) is 2. The van der Waals surface area contributed by atoms with Crippen molar-refractivity contribution in [3.05, 3.63) is 0 Å². The molecule has 3 nitrogen and oxygen atoms in total. The van der Waals surface area contributed by atoms with E-state index in [0.29, 0.717) is 12.3 Å². The van der Waals surface area contributed by atoms with E-state index in [2.05, 4.69) is 24.5 Å². The fourth-order valence-electron chi connectivity index (χ4n) is 0.860. The van der Waals surface area contributed by atoms with Crippen molar-refractivity contribution in [1.29, 1.82) is 0 Å². The fraction of sp³-hybridized carbons (Fsp3) is 0.889. The summed E-state index contributed by atoms with van der Waals surface area (Å²) in [5, 5.41) is 5.82. The monoisotopic (exact) mass is 172 g/mol. The molecule has 0 bridgehead atoms. The van der Waals surface area contributed by atoms with Gasteiger partial charge in [0.15, 0.2) is 0 Å². The van der Waals surface area contributed by atoms with Crippen LogP contribution in [0.1, 0.15) is 26.7 Å². The Kier molecular flexibility index (Phi) is 6.76. The zero-order valence-corrected chi connectivity index (χ0v) is 8.31. The molecule has 0 aliphatic carbocycles. The van der Waals surface area contributed by atoms with Crippen LogP contribution in [0.25, 0.3) is 0 Å². The number of likely N-dealkylation sites (N-methyl/N-ethyl adjacent to an activating group) is 1. The Morgan fingerprint density at radius 2 is 2.08 bits per heavy atom. The molecular weight excluding hydrogens is 152 g/mol. The molecule has 0 aliphatic rings. The molecule has 3 heteroatoms. The van der Waals surface area contributed by atoms with Crippen LogP contribution in [0.5, 0.6) is 0 Å². The van der Waals surface area contributed by atoms with Gasteiger partial charge in [0.25, 0.3) is 0 Å². The molecule has 0 saturated heterocycles. The molecule has 0 radical (unpaired) electrons. The minimum Gasteiger partial charge on any atom is -0.355 e. The number of rotatable bonds is 6. The number of carbonyl (C=O) groups is 1. The molecule has 0 spiro atoms. The van der Waals surface area contributed by atoms with E-state index in [-0.39, 0.29) is 5.91 Å². The molecule has 0 aromatic carbocycles. The minimum absolute atomic E-state index is 0.166. The van der Waals surface area contributed by atoms with Crippen molar-refractivity contribution in [2.24, 2.45) is 5.92 Å². The lowest BCUT2D eigenvalue weighted by molar-refractivity contribution is -0.121. The van der Waals surface area contributed by atoms with Crippen LogP contribution in [0.3, 0.4) is 0 Å². The van der Waals surface area contributed by atoms with Gasteiger partial charge in [-0.15, -0.1) is 0 Å². The van der Waals surface area contributed by atoms with Crippen molar-refractivity contribution < 1.29 is 4.79 Å². The number of hydrogen-bond acceptors (Lipinski definition) is 2. The summed E-state index contributed by atoms with van der Waals surface area (Å²) in [6, 6.07) is 0. The van der Waals surface area contributed by atoms with E-state index in [1.165, 1.54) is 0 Å². The summed E-state index contributed by atoms with van der Waals surface area (Å²) in [6.07, 6.45) is 1.72. The van der Waals surface area contributed by atoms with Gasteiger partial charge >= 0.3 is 0 Å². The van der Waals surface area contributed by atoms with E-state index < -0.39 is 0 Å². The quantitative estimate of drug-likeness (QED) is 0.581. The van der Waals surface area contributed by atoms with E-state index in [1.807, 2.05) is 7.05 Å². The van der Waals surface area contributed by atoms with Gasteiger partial charge in [-0.3, -0.25) is 4.79 Å². The maximum Gasteiger partial charge on any atom is 0.220 e. The van der Waals surface area contributed by atoms with Crippen molar-refractivity contribution in [1.82, 2.24) is 10.6 Å². The van der Waals surface area contributed by atoms with E-state index in [0.717, 1.165) is 19.5 Å².